The van der Waals surface area contributed by atoms with Gasteiger partial charge in [-0.25, -0.2) is 9.78 Å². The predicted octanol–water partition coefficient (Wildman–Crippen LogP) is 3.95. The van der Waals surface area contributed by atoms with E-state index in [4.69, 9.17) is 14.5 Å². The third kappa shape index (κ3) is 4.30. The van der Waals surface area contributed by atoms with Crippen molar-refractivity contribution in [2.45, 2.75) is 68.7 Å². The summed E-state index contributed by atoms with van der Waals surface area (Å²) in [6.07, 6.45) is 1.90. The highest BCUT2D eigenvalue weighted by molar-refractivity contribution is 7.99. The summed E-state index contributed by atoms with van der Waals surface area (Å²) in [5.74, 6) is 0.459. The molecular formula is C20H26O5S. The molecule has 4 atom stereocenters. The molecule has 0 N–H and O–H groups in total. The van der Waals surface area contributed by atoms with E-state index in [0.29, 0.717) is 12.3 Å². The van der Waals surface area contributed by atoms with Gasteiger partial charge >= 0.3 is 5.97 Å². The Bertz CT molecular complexity index is 663. The van der Waals surface area contributed by atoms with Crippen LogP contribution < -0.4 is 0 Å². The molecule has 6 heteroatoms. The van der Waals surface area contributed by atoms with Gasteiger partial charge in [0.05, 0.1) is 0 Å². The first-order chi connectivity index (χ1) is 12.3. The first kappa shape index (κ1) is 19.4. The highest BCUT2D eigenvalue weighted by atomic mass is 32.2. The van der Waals surface area contributed by atoms with Gasteiger partial charge in [-0.3, -0.25) is 9.59 Å². The summed E-state index contributed by atoms with van der Waals surface area (Å²) in [4.78, 5) is 35.8. The summed E-state index contributed by atoms with van der Waals surface area (Å²) in [7, 11) is 0. The second-order valence-corrected chi connectivity index (χ2v) is 8.77. The predicted molar refractivity (Wildman–Crippen MR) is 98.7 cm³/mol. The first-order valence-electron chi connectivity index (χ1n) is 9.04. The molecule has 3 rings (SSSR count). The Kier molecular flexibility index (Phi) is 5.75. The second-order valence-electron chi connectivity index (χ2n) is 7.72. The van der Waals surface area contributed by atoms with Crippen LogP contribution in [0.4, 0.5) is 0 Å². The van der Waals surface area contributed by atoms with Gasteiger partial charge in [-0.15, -0.1) is 11.8 Å². The number of ketones is 1. The quantitative estimate of drug-likeness (QED) is 0.323. The van der Waals surface area contributed by atoms with Crippen LogP contribution in [0.2, 0.25) is 0 Å². The fraction of sp³-hybridized carbons (Fsp3) is 0.600. The summed E-state index contributed by atoms with van der Waals surface area (Å²) in [6.45, 7) is 5.35. The molecule has 2 aliphatic rings. The number of benzene rings is 1. The van der Waals surface area contributed by atoms with Crippen molar-refractivity contribution in [3.8, 4) is 0 Å². The van der Waals surface area contributed by atoms with Crippen molar-refractivity contribution in [3.63, 3.8) is 0 Å². The zero-order valence-electron chi connectivity index (χ0n) is 15.5. The standard InChI is InChI=1S/C20H26O5S/c1-14(21)11-18(22)23-19(2)10-9-15-12-17(19)24-25-20(15,3)13-26-16-7-5-4-6-8-16/h4-8,15,17H,9-13H2,1-3H3/t15-,17-,19-,20-/m1/s1. The Morgan fingerprint density at radius 1 is 1.27 bits per heavy atom. The molecule has 26 heavy (non-hydrogen) atoms. The SMILES string of the molecule is CC(=O)CC(=O)O[C@]1(C)CC[C@@H]2C[C@H]1OO[C@]2(C)CSc1ccccc1. The number of thioether (sulfide) groups is 1. The summed E-state index contributed by atoms with van der Waals surface area (Å²) in [6, 6.07) is 10.2. The van der Waals surface area contributed by atoms with Crippen LogP contribution in [0, 0.1) is 5.92 Å². The second kappa shape index (κ2) is 7.71. The maximum Gasteiger partial charge on any atom is 0.313 e. The molecule has 1 aromatic carbocycles. The monoisotopic (exact) mass is 378 g/mol. The van der Waals surface area contributed by atoms with Crippen molar-refractivity contribution < 1.29 is 24.1 Å². The topological polar surface area (TPSA) is 61.8 Å². The lowest BCUT2D eigenvalue weighted by Crippen LogP contribution is -2.59. The van der Waals surface area contributed by atoms with Crippen molar-refractivity contribution in [2.24, 2.45) is 5.92 Å². The number of hydrogen-bond donors (Lipinski definition) is 0. The molecule has 2 fully saturated rings. The van der Waals surface area contributed by atoms with Gasteiger partial charge < -0.3 is 4.74 Å². The largest absolute Gasteiger partial charge is 0.456 e. The van der Waals surface area contributed by atoms with E-state index < -0.39 is 11.6 Å². The molecule has 142 valence electrons. The highest BCUT2D eigenvalue weighted by Crippen LogP contribution is 2.48. The molecule has 0 spiro atoms. The molecule has 5 nitrogen and oxygen atoms in total. The third-order valence-corrected chi connectivity index (χ3v) is 6.72. The van der Waals surface area contributed by atoms with Crippen LogP contribution in [-0.2, 0) is 24.1 Å². The molecule has 1 saturated carbocycles. The normalized spacial score (nSPS) is 33.5. The van der Waals surface area contributed by atoms with E-state index in [0.717, 1.165) is 18.6 Å². The van der Waals surface area contributed by atoms with Gasteiger partial charge in [0, 0.05) is 10.6 Å². The molecule has 0 unspecified atom stereocenters. The summed E-state index contributed by atoms with van der Waals surface area (Å²) >= 11 is 1.76. The number of fused-ring (bicyclic) bond motifs is 2. The highest BCUT2D eigenvalue weighted by Gasteiger charge is 2.54. The summed E-state index contributed by atoms with van der Waals surface area (Å²) in [5.41, 5.74) is -1.11. The third-order valence-electron chi connectivity index (χ3n) is 5.40. The number of carbonyl (C=O) groups excluding carboxylic acids is 2. The molecule has 1 saturated heterocycles. The molecular weight excluding hydrogens is 352 g/mol. The van der Waals surface area contributed by atoms with Gasteiger partial charge in [0.1, 0.15) is 29.5 Å². The van der Waals surface area contributed by atoms with E-state index in [1.54, 1.807) is 11.8 Å². The van der Waals surface area contributed by atoms with E-state index in [2.05, 4.69) is 19.1 Å². The lowest BCUT2D eigenvalue weighted by molar-refractivity contribution is -0.441. The van der Waals surface area contributed by atoms with E-state index in [-0.39, 0.29) is 23.9 Å². The molecule has 1 heterocycles. The van der Waals surface area contributed by atoms with Gasteiger partial charge in [-0.2, -0.15) is 0 Å². The van der Waals surface area contributed by atoms with Gasteiger partial charge in [0.2, 0.25) is 0 Å². The average Bonchev–Trinajstić information content (AvgIpc) is 2.59. The van der Waals surface area contributed by atoms with Crippen molar-refractivity contribution in [2.75, 3.05) is 5.75 Å². The number of hydrogen-bond acceptors (Lipinski definition) is 6. The van der Waals surface area contributed by atoms with Crippen LogP contribution in [0.5, 0.6) is 0 Å². The molecule has 0 radical (unpaired) electrons. The summed E-state index contributed by atoms with van der Waals surface area (Å²) < 4.78 is 5.60. The molecule has 2 bridgehead atoms. The maximum absolute atomic E-state index is 11.9. The van der Waals surface area contributed by atoms with Gasteiger partial charge in [-0.05, 0) is 58.1 Å². The van der Waals surface area contributed by atoms with E-state index in [9.17, 15) is 9.59 Å². The van der Waals surface area contributed by atoms with Gasteiger partial charge in [-0.1, -0.05) is 18.2 Å². The van der Waals surface area contributed by atoms with Crippen LogP contribution in [0.1, 0.15) is 46.5 Å². The van der Waals surface area contributed by atoms with E-state index in [1.807, 2.05) is 25.1 Å². The van der Waals surface area contributed by atoms with Crippen LogP contribution in [-0.4, -0.2) is 34.8 Å². The van der Waals surface area contributed by atoms with Crippen molar-refractivity contribution in [3.05, 3.63) is 30.3 Å². The number of carbonyl (C=O) groups is 2. The Labute approximate surface area is 158 Å². The van der Waals surface area contributed by atoms with Crippen LogP contribution in [0.25, 0.3) is 0 Å². The van der Waals surface area contributed by atoms with Crippen molar-refractivity contribution in [1.82, 2.24) is 0 Å². The summed E-state index contributed by atoms with van der Waals surface area (Å²) in [5, 5.41) is 0. The first-order valence-corrected chi connectivity index (χ1v) is 10.0. The lowest BCUT2D eigenvalue weighted by Gasteiger charge is -2.51. The van der Waals surface area contributed by atoms with E-state index in [1.165, 1.54) is 11.8 Å². The van der Waals surface area contributed by atoms with Gasteiger partial charge in [0.25, 0.3) is 0 Å². The Morgan fingerprint density at radius 3 is 2.69 bits per heavy atom. The number of rotatable bonds is 6. The van der Waals surface area contributed by atoms with E-state index >= 15 is 0 Å². The Balaban J connectivity index is 1.60. The number of ether oxygens (including phenoxy) is 1. The zero-order valence-corrected chi connectivity index (χ0v) is 16.3. The fourth-order valence-electron chi connectivity index (χ4n) is 3.68. The molecule has 0 aromatic heterocycles. The zero-order chi connectivity index (χ0) is 18.8. The lowest BCUT2D eigenvalue weighted by atomic mass is 9.71. The number of esters is 1. The van der Waals surface area contributed by atoms with Crippen molar-refractivity contribution >= 4 is 23.5 Å². The van der Waals surface area contributed by atoms with Crippen LogP contribution in [0.3, 0.4) is 0 Å². The van der Waals surface area contributed by atoms with Crippen LogP contribution in [0.15, 0.2) is 35.2 Å². The fourth-order valence-corrected chi connectivity index (χ4v) is 4.77. The smallest absolute Gasteiger partial charge is 0.313 e. The molecule has 0 amide bonds. The van der Waals surface area contributed by atoms with Crippen LogP contribution >= 0.6 is 11.8 Å². The minimum Gasteiger partial charge on any atom is -0.456 e. The minimum atomic E-state index is -0.739. The molecule has 1 aromatic rings. The Morgan fingerprint density at radius 2 is 2.00 bits per heavy atom. The molecule has 1 aliphatic carbocycles. The molecule has 1 aliphatic heterocycles. The number of Topliss-reactive ketones (excluding diaryl/α,β-unsaturated/α-hetero) is 1. The minimum absolute atomic E-state index is 0.196. The van der Waals surface area contributed by atoms with Gasteiger partial charge in [0.15, 0.2) is 0 Å². The average molecular weight is 378 g/mol. The Hall–Kier alpha value is -1.37. The maximum atomic E-state index is 11.9. The van der Waals surface area contributed by atoms with Crippen molar-refractivity contribution in [1.29, 1.82) is 0 Å².